The van der Waals surface area contributed by atoms with Crippen LogP contribution in [0.3, 0.4) is 0 Å². The van der Waals surface area contributed by atoms with Crippen LogP contribution >= 0.6 is 11.6 Å². The fraction of sp³-hybridized carbons (Fsp3) is 0.250. The number of rotatable bonds is 7. The number of nitrogens with one attached hydrogen (secondary N) is 5. The lowest BCUT2D eigenvalue weighted by Crippen LogP contribution is -2.51. The fourth-order valence-corrected chi connectivity index (χ4v) is 3.52. The second-order valence-corrected chi connectivity index (χ2v) is 10.5. The maximum Gasteiger partial charge on any atom is 0.417 e. The van der Waals surface area contributed by atoms with Crippen LogP contribution in [0.15, 0.2) is 60.8 Å². The van der Waals surface area contributed by atoms with E-state index in [0.29, 0.717) is 11.4 Å². The van der Waals surface area contributed by atoms with Crippen molar-refractivity contribution in [1.29, 1.82) is 0 Å². The van der Waals surface area contributed by atoms with E-state index in [1.54, 1.807) is 20.8 Å². The van der Waals surface area contributed by atoms with Crippen LogP contribution in [0.2, 0.25) is 5.02 Å². The maximum absolute atomic E-state index is 13.1. The molecule has 0 aliphatic heterocycles. The minimum Gasteiger partial charge on any atom is -0.457 e. The van der Waals surface area contributed by atoms with Crippen LogP contribution in [0.5, 0.6) is 11.5 Å². The average Bonchev–Trinajstić information content (AvgIpc) is 2.92. The van der Waals surface area contributed by atoms with Crippen molar-refractivity contribution in [3.63, 3.8) is 0 Å². The highest BCUT2D eigenvalue weighted by Crippen LogP contribution is 2.36. The predicted octanol–water partition coefficient (Wildman–Crippen LogP) is 5.86. The summed E-state index contributed by atoms with van der Waals surface area (Å²) in [7, 11) is 0. The second kappa shape index (κ2) is 13.9. The lowest BCUT2D eigenvalue weighted by molar-refractivity contribution is -0.137. The van der Waals surface area contributed by atoms with E-state index in [1.807, 2.05) is 0 Å². The van der Waals surface area contributed by atoms with Gasteiger partial charge in [-0.3, -0.25) is 25.4 Å². The number of alkyl halides is 3. The highest BCUT2D eigenvalue weighted by atomic mass is 35.5. The molecule has 3 rings (SSSR count). The van der Waals surface area contributed by atoms with Crippen molar-refractivity contribution in [2.45, 2.75) is 45.5 Å². The molecule has 12 nitrogen and oxygen atoms in total. The van der Waals surface area contributed by atoms with Crippen LogP contribution in [0.1, 0.15) is 43.7 Å². The highest BCUT2D eigenvalue weighted by molar-refractivity contribution is 6.31. The van der Waals surface area contributed by atoms with E-state index in [1.165, 1.54) is 55.6 Å². The van der Waals surface area contributed by atoms with Crippen molar-refractivity contribution in [1.82, 2.24) is 21.2 Å². The summed E-state index contributed by atoms with van der Waals surface area (Å²) >= 11 is 5.59. The largest absolute Gasteiger partial charge is 0.457 e. The molecule has 1 atom stereocenters. The molecule has 1 aromatic heterocycles. The zero-order valence-corrected chi connectivity index (χ0v) is 24.5. The van der Waals surface area contributed by atoms with E-state index in [-0.39, 0.29) is 17.1 Å². The number of hydrazine groups is 1. The molecule has 0 saturated carbocycles. The van der Waals surface area contributed by atoms with Gasteiger partial charge >= 0.3 is 18.3 Å². The average molecular weight is 637 g/mol. The van der Waals surface area contributed by atoms with Crippen molar-refractivity contribution < 1.29 is 41.8 Å². The Morgan fingerprint density at radius 1 is 0.864 bits per heavy atom. The summed E-state index contributed by atoms with van der Waals surface area (Å²) in [6, 6.07) is 9.92. The van der Waals surface area contributed by atoms with Gasteiger partial charge in [0.2, 0.25) is 0 Å². The van der Waals surface area contributed by atoms with Gasteiger partial charge in [0, 0.05) is 23.6 Å². The maximum atomic E-state index is 13.1. The van der Waals surface area contributed by atoms with Crippen LogP contribution in [0.25, 0.3) is 0 Å². The van der Waals surface area contributed by atoms with E-state index in [0.717, 1.165) is 12.1 Å². The number of nitrogens with zero attached hydrogens (tertiary/aromatic N) is 1. The lowest BCUT2D eigenvalue weighted by Gasteiger charge is -2.21. The molecule has 16 heteroatoms. The van der Waals surface area contributed by atoms with Gasteiger partial charge in [-0.2, -0.15) is 13.2 Å². The third kappa shape index (κ3) is 10.3. The van der Waals surface area contributed by atoms with E-state index in [9.17, 15) is 32.3 Å². The zero-order chi connectivity index (χ0) is 32.7. The summed E-state index contributed by atoms with van der Waals surface area (Å²) in [6.45, 7) is 6.41. The Bertz CT molecular complexity index is 1530. The van der Waals surface area contributed by atoms with Crippen molar-refractivity contribution in [2.24, 2.45) is 0 Å². The van der Waals surface area contributed by atoms with Gasteiger partial charge < -0.3 is 25.4 Å². The van der Waals surface area contributed by atoms with Crippen LogP contribution < -0.4 is 31.5 Å². The van der Waals surface area contributed by atoms with E-state index in [4.69, 9.17) is 21.1 Å². The third-order valence-electron chi connectivity index (χ3n) is 5.27. The summed E-state index contributed by atoms with van der Waals surface area (Å²) in [4.78, 5) is 52.7. The van der Waals surface area contributed by atoms with Gasteiger partial charge in [0.15, 0.2) is 0 Å². The molecule has 0 spiro atoms. The van der Waals surface area contributed by atoms with Crippen LogP contribution in [-0.4, -0.2) is 40.6 Å². The summed E-state index contributed by atoms with van der Waals surface area (Å²) in [5, 5.41) is 6.64. The van der Waals surface area contributed by atoms with E-state index in [2.05, 4.69) is 31.8 Å². The Morgan fingerprint density at radius 3 is 2.14 bits per heavy atom. The minimum atomic E-state index is -4.68. The van der Waals surface area contributed by atoms with Gasteiger partial charge in [-0.1, -0.05) is 11.6 Å². The van der Waals surface area contributed by atoms with Gasteiger partial charge in [0.1, 0.15) is 28.8 Å². The molecule has 2 aromatic carbocycles. The first-order valence-corrected chi connectivity index (χ1v) is 13.2. The predicted molar refractivity (Wildman–Crippen MR) is 154 cm³/mol. The normalized spacial score (nSPS) is 11.9. The summed E-state index contributed by atoms with van der Waals surface area (Å²) in [6.07, 6.45) is -4.18. The number of ether oxygens (including phenoxy) is 2. The first-order chi connectivity index (χ1) is 20.5. The Balaban J connectivity index is 1.52. The summed E-state index contributed by atoms with van der Waals surface area (Å²) < 4.78 is 50.0. The van der Waals surface area contributed by atoms with E-state index >= 15 is 0 Å². The van der Waals surface area contributed by atoms with Crippen molar-refractivity contribution >= 4 is 46.9 Å². The topological polar surface area (TPSA) is 160 Å². The number of hydrogen-bond acceptors (Lipinski definition) is 7. The molecular weight excluding hydrogens is 609 g/mol. The second-order valence-electron chi connectivity index (χ2n) is 10.1. The van der Waals surface area contributed by atoms with Crippen LogP contribution in [-0.2, 0) is 15.7 Å². The molecule has 234 valence electrons. The number of carbonyl (C=O) groups excluding carboxylic acids is 4. The molecule has 44 heavy (non-hydrogen) atoms. The number of carbonyl (C=O) groups is 4. The van der Waals surface area contributed by atoms with Crippen molar-refractivity contribution in [3.05, 3.63) is 77.1 Å². The highest BCUT2D eigenvalue weighted by Gasteiger charge is 2.33. The molecule has 0 fully saturated rings. The Kier molecular flexibility index (Phi) is 10.6. The van der Waals surface area contributed by atoms with E-state index < -0.39 is 52.3 Å². The molecule has 0 aliphatic carbocycles. The SMILES string of the molecule is C[C@H](NC(=O)OC(C)(C)C)C(=O)NNC(=O)c1cc(Oc2ccc(NC(=O)Nc3ccc(Cl)c(C(F)(F)F)c3)cc2)ccn1. The quantitative estimate of drug-likeness (QED) is 0.203. The van der Waals surface area contributed by atoms with Gasteiger partial charge in [-0.05, 0) is 76.2 Å². The lowest BCUT2D eigenvalue weighted by atomic mass is 10.2. The minimum absolute atomic E-state index is 0.0959. The third-order valence-corrected chi connectivity index (χ3v) is 5.60. The van der Waals surface area contributed by atoms with Gasteiger partial charge in [-0.25, -0.2) is 9.59 Å². The number of alkyl carbamates (subject to hydrolysis) is 1. The molecule has 1 heterocycles. The van der Waals surface area contributed by atoms with Gasteiger partial charge in [-0.15, -0.1) is 0 Å². The van der Waals surface area contributed by atoms with Crippen molar-refractivity contribution in [3.8, 4) is 11.5 Å². The first-order valence-electron chi connectivity index (χ1n) is 12.8. The molecule has 0 saturated heterocycles. The number of aromatic nitrogens is 1. The van der Waals surface area contributed by atoms with Crippen LogP contribution in [0, 0.1) is 0 Å². The molecule has 0 aliphatic rings. The molecule has 5 N–H and O–H groups in total. The smallest absolute Gasteiger partial charge is 0.417 e. The first kappa shape index (κ1) is 33.5. The number of pyridine rings is 1. The molecular formula is C28H28ClF3N6O6. The zero-order valence-electron chi connectivity index (χ0n) is 23.8. The Hall–Kier alpha value is -5.05. The standard InChI is InChI=1S/C28H28ClF3N6O6/c1-15(34-26(42)44-27(2,3)4)23(39)37-38-24(40)22-14-19(11-12-33-22)43-18-8-5-16(6-9-18)35-25(41)36-17-7-10-21(29)20(13-17)28(30,31)32/h5-15H,1-4H3,(H,34,42)(H,37,39)(H,38,40)(H2,35,36,41)/t15-/m0/s1. The fourth-order valence-electron chi connectivity index (χ4n) is 3.30. The number of amides is 5. The molecule has 0 radical (unpaired) electrons. The molecule has 5 amide bonds. The summed E-state index contributed by atoms with van der Waals surface area (Å²) in [5.74, 6) is -0.936. The van der Waals surface area contributed by atoms with Crippen LogP contribution in [0.4, 0.5) is 34.1 Å². The number of urea groups is 1. The Labute approximate surface area is 254 Å². The molecule has 3 aromatic rings. The number of anilines is 2. The molecule has 0 unspecified atom stereocenters. The number of hydrogen-bond donors (Lipinski definition) is 5. The Morgan fingerprint density at radius 2 is 1.50 bits per heavy atom. The summed E-state index contributed by atoms with van der Waals surface area (Å²) in [5.41, 5.74) is 2.64. The van der Waals surface area contributed by atoms with Crippen molar-refractivity contribution in [2.75, 3.05) is 10.6 Å². The number of halogens is 4. The molecule has 0 bridgehead atoms. The monoisotopic (exact) mass is 636 g/mol. The number of benzene rings is 2. The van der Waals surface area contributed by atoms with Gasteiger partial charge in [0.05, 0.1) is 10.6 Å². The van der Waals surface area contributed by atoms with Gasteiger partial charge in [0.25, 0.3) is 11.8 Å².